The van der Waals surface area contributed by atoms with Crippen LogP contribution in [0.5, 0.6) is 0 Å². The molecule has 0 unspecified atom stereocenters. The van der Waals surface area contributed by atoms with Crippen molar-refractivity contribution in [3.63, 3.8) is 0 Å². The summed E-state index contributed by atoms with van der Waals surface area (Å²) >= 11 is 0. The number of hydrogen-bond acceptors (Lipinski definition) is 4. The van der Waals surface area contributed by atoms with E-state index in [1.807, 2.05) is 82.4 Å². The predicted molar refractivity (Wildman–Crippen MR) is 133 cm³/mol. The van der Waals surface area contributed by atoms with Gasteiger partial charge in [0.1, 0.15) is 0 Å². The molecule has 4 rings (SSSR count). The lowest BCUT2D eigenvalue weighted by Gasteiger charge is -2.15. The molecule has 6 nitrogen and oxygen atoms in total. The van der Waals surface area contributed by atoms with Gasteiger partial charge in [-0.2, -0.15) is 10.2 Å². The molecule has 0 spiro atoms. The highest BCUT2D eigenvalue weighted by Gasteiger charge is 2.22. The third kappa shape index (κ3) is 5.38. The van der Waals surface area contributed by atoms with E-state index < -0.39 is 0 Å². The first-order chi connectivity index (χ1) is 15.0. The van der Waals surface area contributed by atoms with E-state index in [0.29, 0.717) is 0 Å². The molecule has 4 N–H and O–H groups in total. The number of aromatic nitrogens is 4. The summed E-state index contributed by atoms with van der Waals surface area (Å²) in [6.07, 6.45) is 3.74. The fraction of sp³-hybridized carbons (Fsp3) is 0.308. The highest BCUT2D eigenvalue weighted by atomic mass is 15.3. The average molecular weight is 431 g/mol. The van der Waals surface area contributed by atoms with Crippen LogP contribution < -0.4 is 11.5 Å². The van der Waals surface area contributed by atoms with Crippen molar-refractivity contribution < 1.29 is 0 Å². The van der Waals surface area contributed by atoms with Crippen LogP contribution in [0.25, 0.3) is 11.4 Å². The first-order valence-corrected chi connectivity index (χ1v) is 10.8. The molecule has 0 atom stereocenters. The lowest BCUT2D eigenvalue weighted by atomic mass is 9.92. The molecule has 2 heterocycles. The van der Waals surface area contributed by atoms with E-state index in [4.69, 9.17) is 11.5 Å². The van der Waals surface area contributed by atoms with Crippen molar-refractivity contribution >= 4 is 11.4 Å². The van der Waals surface area contributed by atoms with Gasteiger partial charge in [-0.3, -0.25) is 0 Å². The lowest BCUT2D eigenvalue weighted by Crippen LogP contribution is -2.14. The van der Waals surface area contributed by atoms with E-state index in [0.717, 1.165) is 34.1 Å². The minimum Gasteiger partial charge on any atom is -0.396 e. The molecule has 0 aliphatic carbocycles. The van der Waals surface area contributed by atoms with Crippen molar-refractivity contribution in [2.24, 2.45) is 0 Å². The number of rotatable bonds is 2. The maximum atomic E-state index is 5.98. The van der Waals surface area contributed by atoms with Gasteiger partial charge in [0.15, 0.2) is 0 Å². The maximum Gasteiger partial charge on any atom is 0.0911 e. The van der Waals surface area contributed by atoms with Crippen LogP contribution in [0.1, 0.15) is 52.9 Å². The predicted octanol–water partition coefficient (Wildman–Crippen LogP) is 5.50. The van der Waals surface area contributed by atoms with Gasteiger partial charge in [0.25, 0.3) is 0 Å². The third-order valence-electron chi connectivity index (χ3n) is 4.95. The number of para-hydroxylation sites is 2. The second-order valence-electron chi connectivity index (χ2n) is 9.93. The zero-order valence-electron chi connectivity index (χ0n) is 19.9. The molecular weight excluding hydrogens is 396 g/mol. The fourth-order valence-electron chi connectivity index (χ4n) is 3.37. The molecule has 0 aliphatic rings. The van der Waals surface area contributed by atoms with Gasteiger partial charge in [-0.1, -0.05) is 77.9 Å². The second-order valence-corrected chi connectivity index (χ2v) is 9.93. The van der Waals surface area contributed by atoms with E-state index in [-0.39, 0.29) is 10.8 Å². The Labute approximate surface area is 190 Å². The molecule has 0 radical (unpaired) electrons. The van der Waals surface area contributed by atoms with Crippen LogP contribution >= 0.6 is 0 Å². The molecule has 32 heavy (non-hydrogen) atoms. The molecule has 2 aromatic carbocycles. The lowest BCUT2D eigenvalue weighted by molar-refractivity contribution is 0.562. The van der Waals surface area contributed by atoms with Crippen LogP contribution in [-0.2, 0) is 10.8 Å². The summed E-state index contributed by atoms with van der Waals surface area (Å²) in [4.78, 5) is 0. The fourth-order valence-corrected chi connectivity index (χ4v) is 3.37. The quantitative estimate of drug-likeness (QED) is 0.439. The van der Waals surface area contributed by atoms with Crippen LogP contribution in [0.15, 0.2) is 73.1 Å². The Hall–Kier alpha value is -3.54. The summed E-state index contributed by atoms with van der Waals surface area (Å²) in [7, 11) is 0. The summed E-state index contributed by atoms with van der Waals surface area (Å²) in [5.41, 5.74) is 17.4. The minimum atomic E-state index is -0.0237. The van der Waals surface area contributed by atoms with Crippen molar-refractivity contribution in [2.45, 2.75) is 52.4 Å². The smallest absolute Gasteiger partial charge is 0.0911 e. The zero-order chi connectivity index (χ0) is 23.5. The van der Waals surface area contributed by atoms with E-state index >= 15 is 0 Å². The van der Waals surface area contributed by atoms with Crippen LogP contribution in [0, 0.1) is 0 Å². The first-order valence-electron chi connectivity index (χ1n) is 10.8. The number of nitrogens with two attached hydrogens (primary N) is 2. The van der Waals surface area contributed by atoms with Crippen molar-refractivity contribution in [2.75, 3.05) is 11.5 Å². The molecule has 0 aliphatic heterocycles. The number of benzene rings is 2. The highest BCUT2D eigenvalue weighted by molar-refractivity contribution is 5.48. The maximum absolute atomic E-state index is 5.98. The Morgan fingerprint density at radius 1 is 0.562 bits per heavy atom. The summed E-state index contributed by atoms with van der Waals surface area (Å²) < 4.78 is 3.66. The van der Waals surface area contributed by atoms with Crippen molar-refractivity contribution in [1.82, 2.24) is 19.6 Å². The molecule has 0 amide bonds. The first kappa shape index (κ1) is 23.1. The summed E-state index contributed by atoms with van der Waals surface area (Å²) in [6.45, 7) is 12.7. The molecular formula is C26H34N6. The molecule has 0 fully saturated rings. The standard InChI is InChI=1S/2C13H17N3/c2*1-13(2,3)12-11(14)9-16(15-12)10-7-5-4-6-8-10/h2*4-9H,14H2,1-3H3. The molecule has 6 heteroatoms. The molecule has 0 saturated heterocycles. The van der Waals surface area contributed by atoms with Gasteiger partial charge in [-0.05, 0) is 24.3 Å². The van der Waals surface area contributed by atoms with Gasteiger partial charge in [0.2, 0.25) is 0 Å². The summed E-state index contributed by atoms with van der Waals surface area (Å²) in [5, 5.41) is 9.09. The minimum absolute atomic E-state index is 0.0237. The SMILES string of the molecule is CC(C)(C)c1nn(-c2ccccc2)cc1N.CC(C)(C)c1nn(-c2ccccc2)cc1N. The van der Waals surface area contributed by atoms with E-state index in [1.54, 1.807) is 0 Å². The molecule has 168 valence electrons. The highest BCUT2D eigenvalue weighted by Crippen LogP contribution is 2.27. The van der Waals surface area contributed by atoms with Crippen molar-refractivity contribution in [3.8, 4) is 11.4 Å². The Bertz CT molecular complexity index is 1050. The molecule has 2 aromatic heterocycles. The van der Waals surface area contributed by atoms with Crippen molar-refractivity contribution in [3.05, 3.63) is 84.4 Å². The number of nitrogens with zero attached hydrogens (tertiary/aromatic N) is 4. The Morgan fingerprint density at radius 2 is 0.875 bits per heavy atom. The Balaban J connectivity index is 0.000000181. The van der Waals surface area contributed by atoms with Gasteiger partial charge < -0.3 is 11.5 Å². The van der Waals surface area contributed by atoms with Gasteiger partial charge in [0.05, 0.1) is 46.5 Å². The number of nitrogen functional groups attached to an aromatic ring is 2. The van der Waals surface area contributed by atoms with Gasteiger partial charge >= 0.3 is 0 Å². The van der Waals surface area contributed by atoms with Gasteiger partial charge in [-0.25, -0.2) is 9.36 Å². The largest absolute Gasteiger partial charge is 0.396 e. The average Bonchev–Trinajstić information content (AvgIpc) is 3.33. The summed E-state index contributed by atoms with van der Waals surface area (Å²) in [6, 6.07) is 20.0. The number of anilines is 2. The Kier molecular flexibility index (Phi) is 6.44. The van der Waals surface area contributed by atoms with Crippen molar-refractivity contribution in [1.29, 1.82) is 0 Å². The monoisotopic (exact) mass is 430 g/mol. The van der Waals surface area contributed by atoms with Crippen LogP contribution in [0.2, 0.25) is 0 Å². The van der Waals surface area contributed by atoms with Gasteiger partial charge in [-0.15, -0.1) is 0 Å². The van der Waals surface area contributed by atoms with Crippen LogP contribution in [0.3, 0.4) is 0 Å². The third-order valence-corrected chi connectivity index (χ3v) is 4.95. The van der Waals surface area contributed by atoms with E-state index in [1.165, 1.54) is 0 Å². The molecule has 4 aromatic rings. The number of hydrogen-bond donors (Lipinski definition) is 2. The van der Waals surface area contributed by atoms with Crippen LogP contribution in [0.4, 0.5) is 11.4 Å². The topological polar surface area (TPSA) is 87.7 Å². The van der Waals surface area contributed by atoms with Crippen LogP contribution in [-0.4, -0.2) is 19.6 Å². The van der Waals surface area contributed by atoms with Gasteiger partial charge in [0, 0.05) is 10.8 Å². The van der Waals surface area contributed by atoms with E-state index in [9.17, 15) is 0 Å². The second kappa shape index (κ2) is 8.91. The zero-order valence-corrected chi connectivity index (χ0v) is 19.9. The normalized spacial score (nSPS) is 11.7. The summed E-state index contributed by atoms with van der Waals surface area (Å²) in [5.74, 6) is 0. The Morgan fingerprint density at radius 3 is 1.12 bits per heavy atom. The molecule has 0 saturated carbocycles. The molecule has 0 bridgehead atoms. The van der Waals surface area contributed by atoms with E-state index in [2.05, 4.69) is 51.7 Å².